The van der Waals surface area contributed by atoms with E-state index in [4.69, 9.17) is 0 Å². The second-order valence-corrected chi connectivity index (χ2v) is 5.83. The van der Waals surface area contributed by atoms with Crippen molar-refractivity contribution in [2.75, 3.05) is 12.8 Å². The van der Waals surface area contributed by atoms with Crippen LogP contribution in [0.2, 0.25) is 0 Å². The summed E-state index contributed by atoms with van der Waals surface area (Å²) >= 11 is 3.57. The van der Waals surface area contributed by atoms with Crippen LogP contribution in [0.4, 0.5) is 0 Å². The Balaban J connectivity index is 2.15. The van der Waals surface area contributed by atoms with E-state index in [1.807, 2.05) is 18.8 Å². The van der Waals surface area contributed by atoms with Crippen LogP contribution in [-0.4, -0.2) is 17.8 Å². The molecule has 0 aliphatic rings. The molecule has 0 saturated carbocycles. The molecule has 0 atom stereocenters. The minimum Gasteiger partial charge on any atom is -0.314 e. The van der Waals surface area contributed by atoms with Crippen LogP contribution in [0.15, 0.2) is 34.5 Å². The molecule has 2 nitrogen and oxygen atoms in total. The molecule has 1 N–H and O–H groups in total. The number of thioether (sulfide) groups is 1. The van der Waals surface area contributed by atoms with E-state index >= 15 is 0 Å². The summed E-state index contributed by atoms with van der Waals surface area (Å²) in [4.78, 5) is 5.92. The fourth-order valence-electron chi connectivity index (χ4n) is 1.56. The minimum atomic E-state index is 0.834. The number of nitrogens with one attached hydrogen (secondary N) is 1. The van der Waals surface area contributed by atoms with E-state index in [-0.39, 0.29) is 0 Å². The maximum Gasteiger partial charge on any atom is 0.123 e. The number of aromatic nitrogens is 1. The van der Waals surface area contributed by atoms with Gasteiger partial charge in [-0.2, -0.15) is 0 Å². The summed E-state index contributed by atoms with van der Waals surface area (Å²) in [6.07, 6.45) is 0. The predicted molar refractivity (Wildman–Crippen MR) is 76.7 cm³/mol. The predicted octanol–water partition coefficient (Wildman–Crippen LogP) is 3.64. The lowest BCUT2D eigenvalue weighted by atomic mass is 10.2. The molecule has 0 amide bonds. The molecule has 0 unspecified atom stereocenters. The first-order valence-electron chi connectivity index (χ1n) is 5.65. The third-order valence-corrected chi connectivity index (χ3v) is 4.16. The molecule has 2 aromatic rings. The van der Waals surface area contributed by atoms with Gasteiger partial charge in [-0.1, -0.05) is 19.1 Å². The first kappa shape index (κ1) is 12.6. The van der Waals surface area contributed by atoms with Crippen LogP contribution >= 0.6 is 23.1 Å². The van der Waals surface area contributed by atoms with Crippen molar-refractivity contribution >= 4 is 23.1 Å². The summed E-state index contributed by atoms with van der Waals surface area (Å²) < 4.78 is 0. The molecule has 4 heteroatoms. The van der Waals surface area contributed by atoms with Gasteiger partial charge in [0.15, 0.2) is 0 Å². The quantitative estimate of drug-likeness (QED) is 0.835. The molecular formula is C13H16N2S2. The van der Waals surface area contributed by atoms with Gasteiger partial charge in [0.05, 0.1) is 5.69 Å². The summed E-state index contributed by atoms with van der Waals surface area (Å²) in [5.41, 5.74) is 2.32. The Morgan fingerprint density at radius 2 is 2.06 bits per heavy atom. The highest BCUT2D eigenvalue weighted by atomic mass is 32.2. The number of thiazole rings is 1. The van der Waals surface area contributed by atoms with Crippen LogP contribution in [0, 0.1) is 0 Å². The Kier molecular flexibility index (Phi) is 4.59. The van der Waals surface area contributed by atoms with Gasteiger partial charge in [0.25, 0.3) is 0 Å². The molecule has 0 fully saturated rings. The topological polar surface area (TPSA) is 24.9 Å². The molecule has 0 radical (unpaired) electrons. The van der Waals surface area contributed by atoms with Crippen molar-refractivity contribution in [3.05, 3.63) is 35.3 Å². The highest BCUT2D eigenvalue weighted by molar-refractivity contribution is 7.99. The van der Waals surface area contributed by atoms with Gasteiger partial charge < -0.3 is 5.32 Å². The molecule has 0 spiro atoms. The summed E-state index contributed by atoms with van der Waals surface area (Å²) in [6, 6.07) is 8.64. The van der Waals surface area contributed by atoms with Gasteiger partial charge in [-0.15, -0.1) is 23.1 Å². The smallest absolute Gasteiger partial charge is 0.123 e. The van der Waals surface area contributed by atoms with Gasteiger partial charge in [0, 0.05) is 22.4 Å². The molecule has 0 bridgehead atoms. The van der Waals surface area contributed by atoms with Crippen LogP contribution in [-0.2, 0) is 6.54 Å². The standard InChI is InChI=1S/C13H16N2S2/c1-3-16-12-6-4-10(5-7-12)13-15-11(8-14-2)9-17-13/h4-7,9,14H,3,8H2,1-2H3. The zero-order valence-corrected chi connectivity index (χ0v) is 11.7. The normalized spacial score (nSPS) is 10.7. The SMILES string of the molecule is CCSc1ccc(-c2nc(CNC)cs2)cc1. The number of rotatable bonds is 5. The summed E-state index contributed by atoms with van der Waals surface area (Å²) in [5.74, 6) is 1.11. The van der Waals surface area contributed by atoms with E-state index in [9.17, 15) is 0 Å². The first-order valence-corrected chi connectivity index (χ1v) is 7.52. The largest absolute Gasteiger partial charge is 0.314 e. The molecule has 0 aliphatic heterocycles. The summed E-state index contributed by atoms with van der Waals surface area (Å²) in [5, 5.41) is 6.33. The highest BCUT2D eigenvalue weighted by Crippen LogP contribution is 2.26. The Hall–Kier alpha value is -0.840. The third-order valence-electron chi connectivity index (χ3n) is 2.32. The van der Waals surface area contributed by atoms with E-state index in [1.165, 1.54) is 10.5 Å². The van der Waals surface area contributed by atoms with Crippen LogP contribution < -0.4 is 5.32 Å². The highest BCUT2D eigenvalue weighted by Gasteiger charge is 2.04. The Morgan fingerprint density at radius 1 is 1.29 bits per heavy atom. The molecule has 1 heterocycles. The van der Waals surface area contributed by atoms with Gasteiger partial charge in [0.1, 0.15) is 5.01 Å². The van der Waals surface area contributed by atoms with Crippen LogP contribution in [0.25, 0.3) is 10.6 Å². The maximum absolute atomic E-state index is 4.60. The van der Waals surface area contributed by atoms with Crippen molar-refractivity contribution in [1.82, 2.24) is 10.3 Å². The van der Waals surface area contributed by atoms with Crippen LogP contribution in [0.1, 0.15) is 12.6 Å². The Labute approximate surface area is 110 Å². The van der Waals surface area contributed by atoms with E-state index in [0.717, 1.165) is 23.0 Å². The lowest BCUT2D eigenvalue weighted by molar-refractivity contribution is 0.798. The summed E-state index contributed by atoms with van der Waals surface area (Å²) in [6.45, 7) is 3.00. The Morgan fingerprint density at radius 3 is 2.71 bits per heavy atom. The van der Waals surface area contributed by atoms with Gasteiger partial charge in [-0.25, -0.2) is 4.98 Å². The molecule has 0 aliphatic carbocycles. The number of benzene rings is 1. The van der Waals surface area contributed by atoms with Gasteiger partial charge in [-0.05, 0) is 24.9 Å². The lowest BCUT2D eigenvalue weighted by Gasteiger charge is -2.00. The zero-order chi connectivity index (χ0) is 12.1. The van der Waals surface area contributed by atoms with Gasteiger partial charge in [0.2, 0.25) is 0 Å². The second-order valence-electron chi connectivity index (χ2n) is 3.63. The number of nitrogens with zero attached hydrogens (tertiary/aromatic N) is 1. The lowest BCUT2D eigenvalue weighted by Crippen LogP contribution is -2.04. The summed E-state index contributed by atoms with van der Waals surface area (Å²) in [7, 11) is 1.94. The van der Waals surface area contributed by atoms with Crippen molar-refractivity contribution < 1.29 is 0 Å². The van der Waals surface area contributed by atoms with E-state index in [1.54, 1.807) is 11.3 Å². The average Bonchev–Trinajstić information content (AvgIpc) is 2.80. The molecule has 0 saturated heterocycles. The molecule has 90 valence electrons. The minimum absolute atomic E-state index is 0.834. The van der Waals surface area contributed by atoms with Gasteiger partial charge in [-0.3, -0.25) is 0 Å². The number of hydrogen-bond donors (Lipinski definition) is 1. The maximum atomic E-state index is 4.60. The molecule has 1 aromatic carbocycles. The number of hydrogen-bond acceptors (Lipinski definition) is 4. The molecule has 1 aromatic heterocycles. The van der Waals surface area contributed by atoms with Crippen molar-refractivity contribution in [2.24, 2.45) is 0 Å². The Bertz CT molecular complexity index is 463. The molecule has 17 heavy (non-hydrogen) atoms. The van der Waals surface area contributed by atoms with Crippen molar-refractivity contribution in [2.45, 2.75) is 18.4 Å². The monoisotopic (exact) mass is 264 g/mol. The van der Waals surface area contributed by atoms with Crippen molar-refractivity contribution in [1.29, 1.82) is 0 Å². The molecule has 2 rings (SSSR count). The average molecular weight is 264 g/mol. The van der Waals surface area contributed by atoms with E-state index in [2.05, 4.69) is 46.9 Å². The second kappa shape index (κ2) is 6.19. The van der Waals surface area contributed by atoms with Crippen molar-refractivity contribution in [3.63, 3.8) is 0 Å². The first-order chi connectivity index (χ1) is 8.33. The van der Waals surface area contributed by atoms with E-state index in [0.29, 0.717) is 0 Å². The third kappa shape index (κ3) is 3.31. The fraction of sp³-hybridized carbons (Fsp3) is 0.308. The fourth-order valence-corrected chi connectivity index (χ4v) is 3.05. The van der Waals surface area contributed by atoms with Crippen LogP contribution in [0.3, 0.4) is 0 Å². The molecular weight excluding hydrogens is 248 g/mol. The van der Waals surface area contributed by atoms with Crippen LogP contribution in [0.5, 0.6) is 0 Å². The van der Waals surface area contributed by atoms with Gasteiger partial charge >= 0.3 is 0 Å². The zero-order valence-electron chi connectivity index (χ0n) is 10.1. The van der Waals surface area contributed by atoms with E-state index < -0.39 is 0 Å². The van der Waals surface area contributed by atoms with Crippen molar-refractivity contribution in [3.8, 4) is 10.6 Å².